The van der Waals surface area contributed by atoms with Gasteiger partial charge in [0.1, 0.15) is 24.1 Å². The number of carbonyl (C=O) groups is 4. The molecule has 4 heterocycles. The number of aliphatic imine (C=N–C) groups is 1. The highest BCUT2D eigenvalue weighted by atomic mass is 16.5. The largest absolute Gasteiger partial charge is 0.508 e. The van der Waals surface area contributed by atoms with Crippen LogP contribution in [0.2, 0.25) is 0 Å². The topological polar surface area (TPSA) is 191 Å². The number of fused-ring (bicyclic) bond motifs is 6. The van der Waals surface area contributed by atoms with Gasteiger partial charge in [0.2, 0.25) is 11.8 Å². The van der Waals surface area contributed by atoms with E-state index < -0.39 is 53.6 Å². The normalized spacial score (nSPS) is 19.6. The predicted molar refractivity (Wildman–Crippen MR) is 259 cm³/mol. The number of benzene rings is 2. The minimum atomic E-state index is -1.25. The number of hydrogen-bond donors (Lipinski definition) is 4. The Bertz CT molecular complexity index is 2450. The summed E-state index contributed by atoms with van der Waals surface area (Å²) in [6.07, 6.45) is 1.83. The zero-order valence-electron chi connectivity index (χ0n) is 40.8. The van der Waals surface area contributed by atoms with E-state index in [4.69, 9.17) is 14.5 Å². The van der Waals surface area contributed by atoms with Crippen molar-refractivity contribution in [2.24, 2.45) is 16.3 Å². The van der Waals surface area contributed by atoms with Gasteiger partial charge >= 0.3 is 5.97 Å². The summed E-state index contributed by atoms with van der Waals surface area (Å²) in [7, 11) is 4.87. The van der Waals surface area contributed by atoms with Crippen molar-refractivity contribution < 1.29 is 38.9 Å². The van der Waals surface area contributed by atoms with Gasteiger partial charge in [0, 0.05) is 74.7 Å². The van der Waals surface area contributed by atoms with E-state index >= 15 is 0 Å². The van der Waals surface area contributed by atoms with Crippen LogP contribution in [-0.2, 0) is 48.0 Å². The molecule has 6 rings (SSSR count). The maximum Gasteiger partial charge on any atom is 0.324 e. The first-order valence-corrected chi connectivity index (χ1v) is 23.4. The number of pyridine rings is 1. The van der Waals surface area contributed by atoms with Gasteiger partial charge in [-0.15, -0.1) is 0 Å². The van der Waals surface area contributed by atoms with Crippen molar-refractivity contribution in [3.8, 4) is 28.1 Å². The third kappa shape index (κ3) is 11.2. The number of hydrazine groups is 1. The third-order valence-corrected chi connectivity index (χ3v) is 13.4. The number of aliphatic hydroxyl groups excluding tert-OH is 1. The van der Waals surface area contributed by atoms with Gasteiger partial charge in [-0.2, -0.15) is 0 Å². The monoisotopic (exact) mass is 923 g/mol. The Labute approximate surface area is 394 Å². The zero-order valence-corrected chi connectivity index (χ0v) is 40.8. The molecule has 2 aromatic heterocycles. The molecule has 2 aliphatic rings. The summed E-state index contributed by atoms with van der Waals surface area (Å²) in [4.78, 5) is 67.6. The SMILES string of the molecule is C=NCCC(=O)N(C)[C@@H](C)C(O)N(C)[C@H](C(=O)N[C@H]1Cc2cc(O)cc(c2)-c2ccc3c(c2)c(c(-c2cccnc2[C@H](C)OC)n3CC)CC(C)(C)COC(=O)[C@@H]2CCCN(N2)C1=O)C(C)C. The van der Waals surface area contributed by atoms with Crippen LogP contribution in [0.4, 0.5) is 0 Å². The van der Waals surface area contributed by atoms with Crippen LogP contribution < -0.4 is 10.7 Å². The smallest absolute Gasteiger partial charge is 0.324 e. The van der Waals surface area contributed by atoms with Crippen LogP contribution in [0.25, 0.3) is 33.3 Å². The highest BCUT2D eigenvalue weighted by Gasteiger charge is 2.39. The summed E-state index contributed by atoms with van der Waals surface area (Å²) < 4.78 is 14.2. The number of ether oxygens (including phenoxy) is 2. The molecule has 0 aliphatic carbocycles. The van der Waals surface area contributed by atoms with Crippen molar-refractivity contribution in [2.45, 2.75) is 124 Å². The Hall–Kier alpha value is -5.68. The first kappa shape index (κ1) is 50.7. The van der Waals surface area contributed by atoms with E-state index in [0.29, 0.717) is 36.9 Å². The first-order chi connectivity index (χ1) is 31.8. The van der Waals surface area contributed by atoms with Gasteiger partial charge in [-0.1, -0.05) is 39.8 Å². The molecule has 4 aromatic rings. The summed E-state index contributed by atoms with van der Waals surface area (Å²) in [5, 5.41) is 28.3. The van der Waals surface area contributed by atoms with E-state index in [1.807, 2.05) is 39.0 Å². The lowest BCUT2D eigenvalue weighted by molar-refractivity contribution is -0.156. The lowest BCUT2D eigenvalue weighted by atomic mass is 9.84. The van der Waals surface area contributed by atoms with Crippen LogP contribution in [-0.4, -0.2) is 136 Å². The molecule has 6 bridgehead atoms. The van der Waals surface area contributed by atoms with E-state index in [-0.39, 0.29) is 56.2 Å². The van der Waals surface area contributed by atoms with Gasteiger partial charge < -0.3 is 39.5 Å². The molecule has 2 aromatic carbocycles. The molecule has 1 unspecified atom stereocenters. The molecule has 16 heteroatoms. The Kier molecular flexibility index (Phi) is 16.3. The number of nitrogens with zero attached hydrogens (tertiary/aromatic N) is 6. The highest BCUT2D eigenvalue weighted by Crippen LogP contribution is 2.42. The second-order valence-electron chi connectivity index (χ2n) is 19.2. The van der Waals surface area contributed by atoms with Crippen LogP contribution >= 0.6 is 0 Å². The molecule has 3 amide bonds. The van der Waals surface area contributed by atoms with Crippen LogP contribution in [0.15, 0.2) is 59.7 Å². The van der Waals surface area contributed by atoms with Crippen LogP contribution in [0.5, 0.6) is 5.75 Å². The number of amides is 3. The van der Waals surface area contributed by atoms with Crippen molar-refractivity contribution in [3.05, 3.63) is 71.5 Å². The Balaban J connectivity index is 1.45. The quantitative estimate of drug-likeness (QED) is 0.0694. The number of esters is 1. The summed E-state index contributed by atoms with van der Waals surface area (Å²) in [5.74, 6) is -2.07. The molecular weight excluding hydrogens is 853 g/mol. The Morgan fingerprint density at radius 3 is 2.54 bits per heavy atom. The lowest BCUT2D eigenvalue weighted by Gasteiger charge is -2.40. The van der Waals surface area contributed by atoms with E-state index in [1.165, 1.54) is 14.8 Å². The van der Waals surface area contributed by atoms with Crippen LogP contribution in [0.3, 0.4) is 0 Å². The summed E-state index contributed by atoms with van der Waals surface area (Å²) >= 11 is 0. The van der Waals surface area contributed by atoms with Crippen molar-refractivity contribution in [3.63, 3.8) is 0 Å². The number of hydrogen-bond acceptors (Lipinski definition) is 12. The number of rotatable bonds is 14. The average molecular weight is 923 g/mol. The fraction of sp³-hybridized carbons (Fsp3) is 0.529. The molecule has 2 aliphatic heterocycles. The highest BCUT2D eigenvalue weighted by molar-refractivity contribution is 5.96. The molecule has 1 saturated heterocycles. The number of carbonyl (C=O) groups excluding carboxylic acids is 4. The van der Waals surface area contributed by atoms with Crippen molar-refractivity contribution in [1.82, 2.24) is 35.1 Å². The molecule has 16 nitrogen and oxygen atoms in total. The third-order valence-electron chi connectivity index (χ3n) is 13.4. The number of aliphatic hydroxyl groups is 1. The maximum atomic E-state index is 14.7. The molecule has 0 radical (unpaired) electrons. The predicted octanol–water partition coefficient (Wildman–Crippen LogP) is 5.66. The number of methoxy groups -OCH3 is 1. The lowest BCUT2D eigenvalue weighted by Crippen LogP contribution is -2.63. The van der Waals surface area contributed by atoms with Crippen molar-refractivity contribution >= 4 is 41.3 Å². The zero-order chi connectivity index (χ0) is 48.9. The minimum Gasteiger partial charge on any atom is -0.508 e. The van der Waals surface area contributed by atoms with Crippen LogP contribution in [0, 0.1) is 11.3 Å². The second kappa shape index (κ2) is 21.5. The van der Waals surface area contributed by atoms with Gasteiger partial charge in [-0.05, 0) is 118 Å². The molecular formula is C51H70N8O8. The number of aromatic nitrogens is 2. The first-order valence-electron chi connectivity index (χ1n) is 23.4. The van der Waals surface area contributed by atoms with Gasteiger partial charge in [-0.3, -0.25) is 34.1 Å². The maximum absolute atomic E-state index is 14.7. The number of aromatic hydroxyl groups is 1. The molecule has 0 spiro atoms. The number of phenolic OH excluding ortho intramolecular Hbond substituents is 1. The van der Waals surface area contributed by atoms with Crippen LogP contribution in [0.1, 0.15) is 90.7 Å². The summed E-state index contributed by atoms with van der Waals surface area (Å²) in [6.45, 7) is 18.3. The van der Waals surface area contributed by atoms with E-state index in [9.17, 15) is 29.4 Å². The fourth-order valence-electron chi connectivity index (χ4n) is 9.56. The molecule has 1 fully saturated rings. The number of aryl methyl sites for hydroxylation is 1. The minimum absolute atomic E-state index is 0.0131. The van der Waals surface area contributed by atoms with E-state index in [2.05, 4.69) is 66.0 Å². The Morgan fingerprint density at radius 2 is 1.85 bits per heavy atom. The van der Waals surface area contributed by atoms with Crippen molar-refractivity contribution in [1.29, 1.82) is 0 Å². The van der Waals surface area contributed by atoms with E-state index in [0.717, 1.165) is 39.0 Å². The number of likely N-dealkylation sites (N-methyl/N-ethyl adjacent to an activating group) is 2. The number of phenols is 1. The fourth-order valence-corrected chi connectivity index (χ4v) is 9.56. The summed E-state index contributed by atoms with van der Waals surface area (Å²) in [5.41, 5.74) is 9.51. The van der Waals surface area contributed by atoms with Gasteiger partial charge in [0.25, 0.3) is 5.91 Å². The second-order valence-corrected chi connectivity index (χ2v) is 19.2. The van der Waals surface area contributed by atoms with Gasteiger partial charge in [0.05, 0.1) is 36.2 Å². The molecule has 67 heavy (non-hydrogen) atoms. The molecule has 4 N–H and O–H groups in total. The van der Waals surface area contributed by atoms with Crippen molar-refractivity contribution in [2.75, 3.05) is 40.9 Å². The standard InChI is InChI=1S/C51H70N8O8/c1-12-58-42-18-17-34-27-38(42)39(46(58)37-15-13-20-53-44(37)32(5)66-11)28-51(6,7)29-67-50(65)40-16-14-22-59(55-40)49(64)41(25-33-23-35(34)26-36(60)24-33)54-47(62)45(30(2)3)57(10)48(63)31(4)56(9)43(61)19-21-52-8/h13,15,17-18,20,23-24,26-27,30-32,40-41,45,48,55,60,63H,8,12,14,16,19,21-22,25,28-29H2,1-7,9-11H3,(H,54,62)/t31-,32-,40-,41-,45-,48?/m0/s1. The molecule has 0 saturated carbocycles. The number of cyclic esters (lactones) is 1. The van der Waals surface area contributed by atoms with E-state index in [1.54, 1.807) is 46.5 Å². The summed E-state index contributed by atoms with van der Waals surface area (Å²) in [6, 6.07) is 11.8. The average Bonchev–Trinajstić information content (AvgIpc) is 3.61. The number of nitrogens with one attached hydrogen (secondary N) is 2. The Morgan fingerprint density at radius 1 is 1.10 bits per heavy atom. The van der Waals surface area contributed by atoms with Gasteiger partial charge in [0.15, 0.2) is 0 Å². The van der Waals surface area contributed by atoms with Gasteiger partial charge in [-0.25, -0.2) is 5.43 Å². The molecule has 362 valence electrons. The molecule has 6 atom stereocenters.